The zero-order chi connectivity index (χ0) is 17.7. The number of nitrogens with zero attached hydrogens (tertiary/aromatic N) is 1. The third-order valence-corrected chi connectivity index (χ3v) is 6.09. The lowest BCUT2D eigenvalue weighted by molar-refractivity contribution is 0.520. The van der Waals surface area contributed by atoms with Crippen molar-refractivity contribution in [1.29, 1.82) is 0 Å². The van der Waals surface area contributed by atoms with Gasteiger partial charge < -0.3 is 5.32 Å². The molecule has 2 atom stereocenters. The van der Waals surface area contributed by atoms with Crippen molar-refractivity contribution < 1.29 is 8.42 Å². The van der Waals surface area contributed by atoms with Crippen LogP contribution in [0.2, 0.25) is 0 Å². The molecule has 2 aromatic carbocycles. The second-order valence-electron chi connectivity index (χ2n) is 6.30. The van der Waals surface area contributed by atoms with Crippen molar-refractivity contribution in [3.05, 3.63) is 65.7 Å². The van der Waals surface area contributed by atoms with E-state index in [1.165, 1.54) is 9.87 Å². The molecule has 4 nitrogen and oxygen atoms in total. The van der Waals surface area contributed by atoms with Gasteiger partial charge in [-0.25, -0.2) is 12.7 Å². The molecule has 0 aromatic heterocycles. The Morgan fingerprint density at radius 3 is 2.04 bits per heavy atom. The van der Waals surface area contributed by atoms with Crippen molar-refractivity contribution in [2.45, 2.75) is 30.7 Å². The predicted octanol–water partition coefficient (Wildman–Crippen LogP) is 3.39. The van der Waals surface area contributed by atoms with Crippen LogP contribution >= 0.6 is 0 Å². The van der Waals surface area contributed by atoms with Crippen molar-refractivity contribution in [1.82, 2.24) is 9.62 Å². The first-order valence-corrected chi connectivity index (χ1v) is 9.57. The standard InChI is InChI=1S/C19H26N2O2S/c1-15(17-8-6-5-7-9-17)14-20-16(2)18-10-12-19(13-11-18)24(22,23)21(3)4/h5-13,15-16,20H,14H2,1-4H3. The van der Waals surface area contributed by atoms with Crippen molar-refractivity contribution >= 4 is 10.0 Å². The smallest absolute Gasteiger partial charge is 0.242 e. The molecule has 0 aliphatic heterocycles. The maximum Gasteiger partial charge on any atom is 0.242 e. The van der Waals surface area contributed by atoms with Gasteiger partial charge in [-0.2, -0.15) is 0 Å². The molecular formula is C19H26N2O2S. The molecule has 0 bridgehead atoms. The van der Waals surface area contributed by atoms with Gasteiger partial charge in [0.15, 0.2) is 0 Å². The second-order valence-corrected chi connectivity index (χ2v) is 8.45. The van der Waals surface area contributed by atoms with E-state index in [4.69, 9.17) is 0 Å². The first-order chi connectivity index (χ1) is 11.3. The zero-order valence-electron chi connectivity index (χ0n) is 14.7. The van der Waals surface area contributed by atoms with Gasteiger partial charge in [0, 0.05) is 26.7 Å². The van der Waals surface area contributed by atoms with E-state index >= 15 is 0 Å². The van der Waals surface area contributed by atoms with Gasteiger partial charge in [-0.05, 0) is 36.1 Å². The average molecular weight is 346 g/mol. The third-order valence-electron chi connectivity index (χ3n) is 4.26. The number of benzene rings is 2. The highest BCUT2D eigenvalue weighted by Gasteiger charge is 2.17. The van der Waals surface area contributed by atoms with E-state index in [1.807, 2.05) is 18.2 Å². The Labute approximate surface area is 145 Å². The fourth-order valence-corrected chi connectivity index (χ4v) is 3.41. The molecular weight excluding hydrogens is 320 g/mol. The average Bonchev–Trinajstić information content (AvgIpc) is 2.60. The molecule has 0 spiro atoms. The zero-order valence-corrected chi connectivity index (χ0v) is 15.5. The van der Waals surface area contributed by atoms with E-state index in [1.54, 1.807) is 26.2 Å². The molecule has 0 aliphatic rings. The topological polar surface area (TPSA) is 49.4 Å². The van der Waals surface area contributed by atoms with Crippen molar-refractivity contribution in [3.63, 3.8) is 0 Å². The monoisotopic (exact) mass is 346 g/mol. The van der Waals surface area contributed by atoms with Gasteiger partial charge in [0.05, 0.1) is 4.90 Å². The fourth-order valence-electron chi connectivity index (χ4n) is 2.51. The van der Waals surface area contributed by atoms with Gasteiger partial charge in [0.1, 0.15) is 0 Å². The first-order valence-electron chi connectivity index (χ1n) is 8.13. The Kier molecular flexibility index (Phi) is 6.15. The Morgan fingerprint density at radius 2 is 1.50 bits per heavy atom. The maximum absolute atomic E-state index is 12.1. The van der Waals surface area contributed by atoms with Gasteiger partial charge in [0.2, 0.25) is 10.0 Å². The molecule has 0 aliphatic carbocycles. The molecule has 2 aromatic rings. The van der Waals surface area contributed by atoms with Crippen molar-refractivity contribution in [2.75, 3.05) is 20.6 Å². The molecule has 0 amide bonds. The van der Waals surface area contributed by atoms with Crippen LogP contribution in [0.4, 0.5) is 0 Å². The molecule has 1 N–H and O–H groups in total. The van der Waals surface area contributed by atoms with Crippen LogP contribution in [0.15, 0.2) is 59.5 Å². The highest BCUT2D eigenvalue weighted by Crippen LogP contribution is 2.19. The lowest BCUT2D eigenvalue weighted by Gasteiger charge is -2.19. The predicted molar refractivity (Wildman–Crippen MR) is 98.6 cm³/mol. The van der Waals surface area contributed by atoms with Crippen LogP contribution < -0.4 is 5.32 Å². The minimum atomic E-state index is -3.37. The molecule has 0 fully saturated rings. The van der Waals surface area contributed by atoms with Gasteiger partial charge in [-0.1, -0.05) is 49.4 Å². The van der Waals surface area contributed by atoms with Crippen LogP contribution in [0.25, 0.3) is 0 Å². The number of nitrogens with one attached hydrogen (secondary N) is 1. The van der Waals surface area contributed by atoms with Crippen molar-refractivity contribution in [3.8, 4) is 0 Å². The van der Waals surface area contributed by atoms with E-state index in [0.717, 1.165) is 12.1 Å². The van der Waals surface area contributed by atoms with E-state index in [2.05, 4.69) is 43.4 Å². The summed E-state index contributed by atoms with van der Waals surface area (Å²) in [6.45, 7) is 5.15. The number of hydrogen-bond acceptors (Lipinski definition) is 3. The maximum atomic E-state index is 12.1. The Balaban J connectivity index is 1.99. The molecule has 0 radical (unpaired) electrons. The summed E-state index contributed by atoms with van der Waals surface area (Å²) >= 11 is 0. The largest absolute Gasteiger partial charge is 0.310 e. The SMILES string of the molecule is CC(CNC(C)c1ccc(S(=O)(=O)N(C)C)cc1)c1ccccc1. The minimum absolute atomic E-state index is 0.160. The third kappa shape index (κ3) is 4.44. The van der Waals surface area contributed by atoms with Gasteiger partial charge >= 0.3 is 0 Å². The summed E-state index contributed by atoms with van der Waals surface area (Å²) in [7, 11) is -0.288. The Bertz CT molecular complexity index is 741. The number of rotatable bonds is 7. The van der Waals surface area contributed by atoms with E-state index in [-0.39, 0.29) is 6.04 Å². The Morgan fingerprint density at radius 1 is 0.917 bits per heavy atom. The molecule has 0 saturated heterocycles. The van der Waals surface area contributed by atoms with Crippen molar-refractivity contribution in [2.24, 2.45) is 0 Å². The molecule has 2 rings (SSSR count). The first kappa shape index (κ1) is 18.6. The van der Waals surface area contributed by atoms with E-state index < -0.39 is 10.0 Å². The molecule has 2 unspecified atom stereocenters. The summed E-state index contributed by atoms with van der Waals surface area (Å²) in [6.07, 6.45) is 0. The van der Waals surface area contributed by atoms with Gasteiger partial charge in [-0.3, -0.25) is 0 Å². The Hall–Kier alpha value is -1.69. The van der Waals surface area contributed by atoms with Gasteiger partial charge in [-0.15, -0.1) is 0 Å². The summed E-state index contributed by atoms with van der Waals surface area (Å²) in [5.41, 5.74) is 2.39. The van der Waals surface area contributed by atoms with Crippen LogP contribution in [0.5, 0.6) is 0 Å². The molecule has 5 heteroatoms. The normalized spacial score (nSPS) is 14.5. The summed E-state index contributed by atoms with van der Waals surface area (Å²) in [6, 6.07) is 17.7. The number of sulfonamides is 1. The van der Waals surface area contributed by atoms with Crippen LogP contribution in [0.3, 0.4) is 0 Å². The van der Waals surface area contributed by atoms with E-state index in [9.17, 15) is 8.42 Å². The number of hydrogen-bond donors (Lipinski definition) is 1. The summed E-state index contributed by atoms with van der Waals surface area (Å²) in [5.74, 6) is 0.419. The van der Waals surface area contributed by atoms with Crippen LogP contribution in [-0.4, -0.2) is 33.4 Å². The summed E-state index contributed by atoms with van der Waals surface area (Å²) in [5, 5.41) is 3.52. The molecule has 24 heavy (non-hydrogen) atoms. The highest BCUT2D eigenvalue weighted by atomic mass is 32.2. The lowest BCUT2D eigenvalue weighted by Crippen LogP contribution is -2.24. The second kappa shape index (κ2) is 7.92. The quantitative estimate of drug-likeness (QED) is 0.836. The highest BCUT2D eigenvalue weighted by molar-refractivity contribution is 7.89. The van der Waals surface area contributed by atoms with Crippen LogP contribution in [0.1, 0.15) is 36.9 Å². The van der Waals surface area contributed by atoms with Crippen LogP contribution in [-0.2, 0) is 10.0 Å². The minimum Gasteiger partial charge on any atom is -0.310 e. The van der Waals surface area contributed by atoms with Gasteiger partial charge in [0.25, 0.3) is 0 Å². The molecule has 0 heterocycles. The van der Waals surface area contributed by atoms with E-state index in [0.29, 0.717) is 10.8 Å². The summed E-state index contributed by atoms with van der Waals surface area (Å²) in [4.78, 5) is 0.320. The lowest BCUT2D eigenvalue weighted by atomic mass is 10.0. The summed E-state index contributed by atoms with van der Waals surface area (Å²) < 4.78 is 25.4. The molecule has 0 saturated carbocycles. The molecule has 130 valence electrons. The van der Waals surface area contributed by atoms with Crippen LogP contribution in [0, 0.1) is 0 Å². The fraction of sp³-hybridized carbons (Fsp3) is 0.368.